The Kier molecular flexibility index (Phi) is 6.29. The van der Waals surface area contributed by atoms with Crippen molar-refractivity contribution in [3.05, 3.63) is 82.6 Å². The Balaban J connectivity index is 1.75. The van der Waals surface area contributed by atoms with Gasteiger partial charge in [-0.1, -0.05) is 42.5 Å². The number of hydrogen-bond donors (Lipinski definition) is 3. The maximum absolute atomic E-state index is 12.4. The van der Waals surface area contributed by atoms with Crippen LogP contribution in [0.25, 0.3) is 0 Å². The predicted octanol–water partition coefficient (Wildman–Crippen LogP) is 2.81. The smallest absolute Gasteiger partial charge is 0.338 e. The predicted molar refractivity (Wildman–Crippen MR) is 108 cm³/mol. The maximum Gasteiger partial charge on any atom is 0.338 e. The van der Waals surface area contributed by atoms with Gasteiger partial charge in [-0.15, -0.1) is 0 Å². The highest BCUT2D eigenvalue weighted by atomic mass is 16.5. The molecule has 0 aliphatic carbocycles. The van der Waals surface area contributed by atoms with Crippen LogP contribution in [0.2, 0.25) is 0 Å². The van der Waals surface area contributed by atoms with E-state index in [1.165, 1.54) is 0 Å². The zero-order valence-electron chi connectivity index (χ0n) is 16.3. The molecule has 0 saturated carbocycles. The average molecular weight is 393 g/mol. The van der Waals surface area contributed by atoms with Crippen LogP contribution in [0.15, 0.2) is 65.9 Å². The van der Waals surface area contributed by atoms with Gasteiger partial charge in [-0.3, -0.25) is 4.79 Å². The molecule has 3 N–H and O–H groups in total. The van der Waals surface area contributed by atoms with Crippen molar-refractivity contribution >= 4 is 17.9 Å². The van der Waals surface area contributed by atoms with Gasteiger partial charge >= 0.3 is 12.0 Å². The highest BCUT2D eigenvalue weighted by Crippen LogP contribution is 2.27. The first-order chi connectivity index (χ1) is 14.0. The molecule has 1 aliphatic heterocycles. The highest BCUT2D eigenvalue weighted by Gasteiger charge is 2.32. The monoisotopic (exact) mass is 393 g/mol. The lowest BCUT2D eigenvalue weighted by Crippen LogP contribution is -2.45. The summed E-state index contributed by atoms with van der Waals surface area (Å²) in [5.41, 5.74) is 2.97. The molecule has 0 aromatic heterocycles. The van der Waals surface area contributed by atoms with Gasteiger partial charge in [0.2, 0.25) is 0 Å². The van der Waals surface area contributed by atoms with Crippen LogP contribution < -0.4 is 16.0 Å². The van der Waals surface area contributed by atoms with Gasteiger partial charge in [-0.05, 0) is 37.1 Å². The first kappa shape index (κ1) is 20.1. The van der Waals surface area contributed by atoms with Gasteiger partial charge in [0.25, 0.3) is 5.91 Å². The molecule has 29 heavy (non-hydrogen) atoms. The summed E-state index contributed by atoms with van der Waals surface area (Å²) in [6.45, 7) is 4.04. The first-order valence-electron chi connectivity index (χ1n) is 9.37. The maximum atomic E-state index is 12.4. The summed E-state index contributed by atoms with van der Waals surface area (Å²) in [5, 5.41) is 8.20. The van der Waals surface area contributed by atoms with Gasteiger partial charge in [-0.2, -0.15) is 0 Å². The number of hydrogen-bond acceptors (Lipinski definition) is 4. The van der Waals surface area contributed by atoms with Gasteiger partial charge < -0.3 is 20.7 Å². The number of nitrogens with one attached hydrogen (secondary N) is 3. The summed E-state index contributed by atoms with van der Waals surface area (Å²) in [4.78, 5) is 36.7. The van der Waals surface area contributed by atoms with E-state index in [4.69, 9.17) is 4.74 Å². The van der Waals surface area contributed by atoms with Crippen molar-refractivity contribution in [3.8, 4) is 0 Å². The van der Waals surface area contributed by atoms with E-state index in [0.29, 0.717) is 28.9 Å². The van der Waals surface area contributed by atoms with E-state index < -0.39 is 18.0 Å². The normalized spacial score (nSPS) is 15.9. The first-order valence-corrected chi connectivity index (χ1v) is 9.37. The Hall–Kier alpha value is -3.61. The zero-order valence-corrected chi connectivity index (χ0v) is 16.3. The number of ether oxygens (including phenoxy) is 1. The third kappa shape index (κ3) is 4.82. The molecule has 7 heteroatoms. The minimum absolute atomic E-state index is 0.202. The number of carbonyl (C=O) groups is 3. The molecule has 0 radical (unpaired) electrons. The van der Waals surface area contributed by atoms with Crippen molar-refractivity contribution in [1.82, 2.24) is 16.0 Å². The summed E-state index contributed by atoms with van der Waals surface area (Å²) in [6, 6.07) is 15.4. The number of esters is 1. The Morgan fingerprint density at radius 1 is 1.07 bits per heavy atom. The molecule has 3 rings (SSSR count). The lowest BCUT2D eigenvalue weighted by molar-refractivity contribution is -0.139. The quantitative estimate of drug-likeness (QED) is 0.658. The standard InChI is InChI=1S/C22H23N3O4/c1-3-29-21(27)18-14(2)24-22(28)25-19(18)16-9-11-17(12-10-16)20(26)23-13-15-7-5-4-6-8-15/h4-12,19H,3,13H2,1-2H3,(H,23,26)(H2,24,25,28). The summed E-state index contributed by atoms with van der Waals surface area (Å²) >= 11 is 0. The van der Waals surface area contributed by atoms with Crippen molar-refractivity contribution in [3.63, 3.8) is 0 Å². The molecule has 7 nitrogen and oxygen atoms in total. The van der Waals surface area contributed by atoms with Crippen LogP contribution in [0.5, 0.6) is 0 Å². The van der Waals surface area contributed by atoms with Crippen molar-refractivity contribution in [2.75, 3.05) is 6.61 Å². The second kappa shape index (κ2) is 9.05. The summed E-state index contributed by atoms with van der Waals surface area (Å²) in [5.74, 6) is -0.695. The minimum atomic E-state index is -0.649. The Morgan fingerprint density at radius 3 is 2.41 bits per heavy atom. The molecule has 0 bridgehead atoms. The third-order valence-corrected chi connectivity index (χ3v) is 4.57. The van der Waals surface area contributed by atoms with Gasteiger partial charge in [0, 0.05) is 17.8 Å². The van der Waals surface area contributed by atoms with Crippen molar-refractivity contribution in [2.45, 2.75) is 26.4 Å². The van der Waals surface area contributed by atoms with E-state index in [1.807, 2.05) is 30.3 Å². The third-order valence-electron chi connectivity index (χ3n) is 4.57. The lowest BCUT2D eigenvalue weighted by Gasteiger charge is -2.28. The molecule has 150 valence electrons. The summed E-state index contributed by atoms with van der Waals surface area (Å²) in [6.07, 6.45) is 0. The summed E-state index contributed by atoms with van der Waals surface area (Å²) in [7, 11) is 0. The van der Waals surface area contributed by atoms with Crippen LogP contribution in [-0.2, 0) is 16.1 Å². The molecule has 1 atom stereocenters. The molecule has 0 fully saturated rings. The molecular formula is C22H23N3O4. The van der Waals surface area contributed by atoms with Crippen LogP contribution in [0.1, 0.15) is 41.4 Å². The highest BCUT2D eigenvalue weighted by molar-refractivity contribution is 5.96. The van der Waals surface area contributed by atoms with Gasteiger partial charge in [0.05, 0.1) is 18.2 Å². The molecule has 1 unspecified atom stereocenters. The minimum Gasteiger partial charge on any atom is -0.463 e. The van der Waals surface area contributed by atoms with Gasteiger partial charge in [0.1, 0.15) is 0 Å². The molecule has 3 amide bonds. The number of urea groups is 1. The summed E-state index contributed by atoms with van der Waals surface area (Å²) < 4.78 is 5.12. The Morgan fingerprint density at radius 2 is 1.76 bits per heavy atom. The number of rotatable bonds is 6. The number of benzene rings is 2. The van der Waals surface area contributed by atoms with E-state index in [-0.39, 0.29) is 12.5 Å². The molecule has 1 aliphatic rings. The fraction of sp³-hybridized carbons (Fsp3) is 0.227. The molecule has 2 aromatic rings. The fourth-order valence-electron chi connectivity index (χ4n) is 3.13. The molecule has 0 spiro atoms. The average Bonchev–Trinajstić information content (AvgIpc) is 2.72. The fourth-order valence-corrected chi connectivity index (χ4v) is 3.13. The molecule has 0 saturated heterocycles. The van der Waals surface area contributed by atoms with Crippen LogP contribution >= 0.6 is 0 Å². The lowest BCUT2D eigenvalue weighted by atomic mass is 9.95. The second-order valence-electron chi connectivity index (χ2n) is 6.58. The van der Waals surface area contributed by atoms with Crippen LogP contribution in [0, 0.1) is 0 Å². The molecule has 2 aromatic carbocycles. The van der Waals surface area contributed by atoms with Crippen LogP contribution in [0.3, 0.4) is 0 Å². The van der Waals surface area contributed by atoms with Crippen molar-refractivity contribution in [2.24, 2.45) is 0 Å². The largest absolute Gasteiger partial charge is 0.463 e. The molecular weight excluding hydrogens is 370 g/mol. The SMILES string of the molecule is CCOC(=O)C1=C(C)NC(=O)NC1c1ccc(C(=O)NCc2ccccc2)cc1. The van der Waals surface area contributed by atoms with E-state index >= 15 is 0 Å². The van der Waals surface area contributed by atoms with E-state index in [0.717, 1.165) is 5.56 Å². The van der Waals surface area contributed by atoms with E-state index in [1.54, 1.807) is 38.1 Å². The number of amides is 3. The van der Waals surface area contributed by atoms with Crippen molar-refractivity contribution in [1.29, 1.82) is 0 Å². The van der Waals surface area contributed by atoms with Crippen LogP contribution in [-0.4, -0.2) is 24.5 Å². The number of carbonyl (C=O) groups excluding carboxylic acids is 3. The van der Waals surface area contributed by atoms with Gasteiger partial charge in [-0.25, -0.2) is 9.59 Å². The topological polar surface area (TPSA) is 96.5 Å². The molecule has 1 heterocycles. The number of allylic oxidation sites excluding steroid dienone is 1. The van der Waals surface area contributed by atoms with E-state index in [9.17, 15) is 14.4 Å². The Bertz CT molecular complexity index is 936. The zero-order chi connectivity index (χ0) is 20.8. The van der Waals surface area contributed by atoms with E-state index in [2.05, 4.69) is 16.0 Å². The Labute approximate surface area is 169 Å². The van der Waals surface area contributed by atoms with Crippen molar-refractivity contribution < 1.29 is 19.1 Å². The van der Waals surface area contributed by atoms with Crippen LogP contribution in [0.4, 0.5) is 4.79 Å². The second-order valence-corrected chi connectivity index (χ2v) is 6.58. The van der Waals surface area contributed by atoms with Gasteiger partial charge in [0.15, 0.2) is 0 Å².